The Balaban J connectivity index is 2.88. The Morgan fingerprint density at radius 3 is 2.13 bits per heavy atom. The topological polar surface area (TPSA) is 20.2 Å². The molecule has 1 aromatic carbocycles. The van der Waals surface area contributed by atoms with Gasteiger partial charge in [-0.3, -0.25) is 0 Å². The lowest BCUT2D eigenvalue weighted by molar-refractivity contribution is 0.137. The van der Waals surface area contributed by atoms with Gasteiger partial charge in [-0.2, -0.15) is 0 Å². The van der Waals surface area contributed by atoms with Crippen molar-refractivity contribution < 1.29 is 13.9 Å². The van der Waals surface area contributed by atoms with E-state index in [0.29, 0.717) is 12.0 Å². The van der Waals surface area contributed by atoms with E-state index in [1.807, 2.05) is 13.8 Å². The molecule has 0 bridgehead atoms. The van der Waals surface area contributed by atoms with Gasteiger partial charge in [0.05, 0.1) is 0 Å². The van der Waals surface area contributed by atoms with E-state index in [1.165, 1.54) is 12.1 Å². The van der Waals surface area contributed by atoms with Crippen LogP contribution in [0.4, 0.5) is 8.78 Å². The first kappa shape index (κ1) is 12.1. The summed E-state index contributed by atoms with van der Waals surface area (Å²) in [5, 5.41) is 9.20. The van der Waals surface area contributed by atoms with E-state index in [9.17, 15) is 13.9 Å². The molecule has 1 aromatic rings. The molecular formula is C12H16F2O. The van der Waals surface area contributed by atoms with E-state index in [-0.39, 0.29) is 12.0 Å². The van der Waals surface area contributed by atoms with Crippen molar-refractivity contribution in [2.45, 2.75) is 26.7 Å². The van der Waals surface area contributed by atoms with Crippen molar-refractivity contribution >= 4 is 0 Å². The van der Waals surface area contributed by atoms with Gasteiger partial charge in [0.15, 0.2) is 0 Å². The van der Waals surface area contributed by atoms with Crippen LogP contribution in [0.5, 0.6) is 0 Å². The zero-order chi connectivity index (χ0) is 11.5. The maximum atomic E-state index is 12.9. The molecule has 0 aliphatic rings. The van der Waals surface area contributed by atoms with Crippen molar-refractivity contribution in [3.63, 3.8) is 0 Å². The van der Waals surface area contributed by atoms with Crippen LogP contribution in [0.3, 0.4) is 0 Å². The molecule has 0 heterocycles. The highest BCUT2D eigenvalue weighted by atomic mass is 19.1. The Bertz CT molecular complexity index is 312. The van der Waals surface area contributed by atoms with Crippen LogP contribution in [-0.2, 0) is 6.42 Å². The minimum absolute atomic E-state index is 0.0155. The second-order valence-electron chi connectivity index (χ2n) is 4.28. The normalized spacial score (nSPS) is 15.0. The van der Waals surface area contributed by atoms with E-state index in [0.717, 1.165) is 12.5 Å². The number of aliphatic hydroxyl groups excluding tert-OH is 1. The van der Waals surface area contributed by atoms with Crippen molar-refractivity contribution in [1.29, 1.82) is 0 Å². The Hall–Kier alpha value is -0.960. The number of benzene rings is 1. The highest BCUT2D eigenvalue weighted by Crippen LogP contribution is 2.26. The summed E-state index contributed by atoms with van der Waals surface area (Å²) in [6.45, 7) is 3.86. The molecule has 84 valence electrons. The molecule has 1 unspecified atom stereocenters. The summed E-state index contributed by atoms with van der Waals surface area (Å²) in [7, 11) is 0. The fraction of sp³-hybridized carbons (Fsp3) is 0.500. The Morgan fingerprint density at radius 2 is 1.73 bits per heavy atom. The third-order valence-electron chi connectivity index (χ3n) is 2.79. The van der Waals surface area contributed by atoms with Gasteiger partial charge in [0.25, 0.3) is 0 Å². The smallest absolute Gasteiger partial charge is 0.126 e. The summed E-state index contributed by atoms with van der Waals surface area (Å²) in [5.41, 5.74) is 0.283. The predicted molar refractivity (Wildman–Crippen MR) is 55.5 cm³/mol. The third-order valence-corrected chi connectivity index (χ3v) is 2.79. The molecule has 1 nitrogen and oxygen atoms in total. The molecule has 0 aliphatic carbocycles. The Morgan fingerprint density at radius 1 is 1.20 bits per heavy atom. The van der Waals surface area contributed by atoms with E-state index < -0.39 is 11.6 Å². The largest absolute Gasteiger partial charge is 0.396 e. The highest BCUT2D eigenvalue weighted by molar-refractivity contribution is 5.19. The van der Waals surface area contributed by atoms with Crippen LogP contribution >= 0.6 is 0 Å². The van der Waals surface area contributed by atoms with Gasteiger partial charge in [0.1, 0.15) is 11.6 Å². The molecule has 0 amide bonds. The van der Waals surface area contributed by atoms with Crippen molar-refractivity contribution in [1.82, 2.24) is 0 Å². The summed E-state index contributed by atoms with van der Waals surface area (Å²) in [6, 6.07) is 3.48. The molecule has 0 saturated carbocycles. The van der Waals surface area contributed by atoms with Crippen molar-refractivity contribution in [3.05, 3.63) is 35.4 Å². The highest BCUT2D eigenvalue weighted by Gasteiger charge is 2.21. The molecule has 1 atom stereocenters. The van der Waals surface area contributed by atoms with Crippen molar-refractivity contribution in [3.8, 4) is 0 Å². The molecule has 3 heteroatoms. The molecule has 0 radical (unpaired) electrons. The number of rotatable bonds is 4. The Labute approximate surface area is 88.7 Å². The molecule has 0 aliphatic heterocycles. The lowest BCUT2D eigenvalue weighted by Crippen LogP contribution is -2.23. The second kappa shape index (κ2) is 4.71. The van der Waals surface area contributed by atoms with Crippen LogP contribution < -0.4 is 0 Å². The van der Waals surface area contributed by atoms with Gasteiger partial charge in [0.2, 0.25) is 0 Å². The standard InChI is InChI=1S/C12H16F2O/c1-3-12(2,8-15)7-9-4-10(13)6-11(14)5-9/h4-6,15H,3,7-8H2,1-2H3. The molecular weight excluding hydrogens is 198 g/mol. The quantitative estimate of drug-likeness (QED) is 0.817. The molecule has 0 aromatic heterocycles. The SMILES string of the molecule is CCC(C)(CO)Cc1cc(F)cc(F)c1. The van der Waals surface area contributed by atoms with Crippen LogP contribution in [0.2, 0.25) is 0 Å². The summed E-state index contributed by atoms with van der Waals surface area (Å²) in [5.74, 6) is -1.14. The molecule has 0 fully saturated rings. The monoisotopic (exact) mass is 214 g/mol. The van der Waals surface area contributed by atoms with E-state index >= 15 is 0 Å². The van der Waals surface area contributed by atoms with Gasteiger partial charge in [-0.25, -0.2) is 8.78 Å². The molecule has 1 rings (SSSR count). The molecule has 0 spiro atoms. The second-order valence-corrected chi connectivity index (χ2v) is 4.28. The molecule has 15 heavy (non-hydrogen) atoms. The number of hydrogen-bond donors (Lipinski definition) is 1. The number of hydrogen-bond acceptors (Lipinski definition) is 1. The predicted octanol–water partition coefficient (Wildman–Crippen LogP) is 2.92. The van der Waals surface area contributed by atoms with Gasteiger partial charge < -0.3 is 5.11 Å². The Kier molecular flexibility index (Phi) is 3.80. The number of halogens is 2. The van der Waals surface area contributed by atoms with Crippen LogP contribution in [0.15, 0.2) is 18.2 Å². The average Bonchev–Trinajstić information content (AvgIpc) is 2.16. The lowest BCUT2D eigenvalue weighted by Gasteiger charge is -2.25. The van der Waals surface area contributed by atoms with E-state index in [2.05, 4.69) is 0 Å². The third kappa shape index (κ3) is 3.27. The van der Waals surface area contributed by atoms with E-state index in [1.54, 1.807) is 0 Å². The van der Waals surface area contributed by atoms with Gasteiger partial charge in [0, 0.05) is 12.7 Å². The summed E-state index contributed by atoms with van der Waals surface area (Å²) in [6.07, 6.45) is 1.25. The first-order valence-corrected chi connectivity index (χ1v) is 5.05. The summed E-state index contributed by atoms with van der Waals surface area (Å²) >= 11 is 0. The average molecular weight is 214 g/mol. The zero-order valence-corrected chi connectivity index (χ0v) is 9.06. The molecule has 0 saturated heterocycles. The molecule has 1 N–H and O–H groups in total. The van der Waals surface area contributed by atoms with Crippen LogP contribution in [0.1, 0.15) is 25.8 Å². The minimum Gasteiger partial charge on any atom is -0.396 e. The van der Waals surface area contributed by atoms with Gasteiger partial charge in [-0.05, 0) is 36.0 Å². The zero-order valence-electron chi connectivity index (χ0n) is 9.06. The van der Waals surface area contributed by atoms with Gasteiger partial charge >= 0.3 is 0 Å². The van der Waals surface area contributed by atoms with Crippen molar-refractivity contribution in [2.75, 3.05) is 6.61 Å². The number of aliphatic hydroxyl groups is 1. The maximum absolute atomic E-state index is 12.9. The van der Waals surface area contributed by atoms with Crippen LogP contribution in [-0.4, -0.2) is 11.7 Å². The van der Waals surface area contributed by atoms with Crippen LogP contribution in [0, 0.1) is 17.0 Å². The van der Waals surface area contributed by atoms with Crippen molar-refractivity contribution in [2.24, 2.45) is 5.41 Å². The fourth-order valence-corrected chi connectivity index (χ4v) is 1.50. The van der Waals surface area contributed by atoms with Crippen LogP contribution in [0.25, 0.3) is 0 Å². The first-order valence-electron chi connectivity index (χ1n) is 5.05. The maximum Gasteiger partial charge on any atom is 0.126 e. The minimum atomic E-state index is -0.568. The van der Waals surface area contributed by atoms with Gasteiger partial charge in [-0.1, -0.05) is 13.8 Å². The summed E-state index contributed by atoms with van der Waals surface area (Å²) < 4.78 is 25.8. The van der Waals surface area contributed by atoms with Gasteiger partial charge in [-0.15, -0.1) is 0 Å². The lowest BCUT2D eigenvalue weighted by atomic mass is 9.82. The first-order chi connectivity index (χ1) is 6.99. The fourth-order valence-electron chi connectivity index (χ4n) is 1.50. The van der Waals surface area contributed by atoms with E-state index in [4.69, 9.17) is 0 Å². The summed E-state index contributed by atoms with van der Waals surface area (Å²) in [4.78, 5) is 0.